The number of benzene rings is 3. The molecule has 2 heterocycles. The van der Waals surface area contributed by atoms with Gasteiger partial charge in [-0.25, -0.2) is 4.68 Å². The molecule has 0 fully saturated rings. The first-order valence-corrected chi connectivity index (χ1v) is 12.8. The quantitative estimate of drug-likeness (QED) is 0.261. The smallest absolute Gasteiger partial charge is 0.255 e. The van der Waals surface area contributed by atoms with E-state index in [1.807, 2.05) is 56.3 Å². The van der Waals surface area contributed by atoms with Gasteiger partial charge in [0.05, 0.1) is 12.2 Å². The third-order valence-corrected chi connectivity index (χ3v) is 6.69. The zero-order chi connectivity index (χ0) is 26.6. The van der Waals surface area contributed by atoms with E-state index < -0.39 is 6.04 Å². The number of rotatable bonds is 8. The normalized spacial score (nSPS) is 14.5. The third kappa shape index (κ3) is 5.32. The molecule has 1 aliphatic rings. The average Bonchev–Trinajstić information content (AvgIpc) is 3.37. The third-order valence-electron chi connectivity index (χ3n) is 6.07. The highest BCUT2D eigenvalue weighted by atomic mass is 35.5. The molecule has 10 heteroatoms. The monoisotopic (exact) mass is 549 g/mol. The molecule has 2 N–H and O–H groups in total. The molecule has 194 valence electrons. The van der Waals surface area contributed by atoms with Gasteiger partial charge in [0.2, 0.25) is 5.95 Å². The molecule has 1 atom stereocenters. The van der Waals surface area contributed by atoms with Gasteiger partial charge in [-0.05, 0) is 61.9 Å². The highest BCUT2D eigenvalue weighted by molar-refractivity contribution is 6.31. The minimum atomic E-state index is -0.558. The minimum Gasteiger partial charge on any atom is -0.490 e. The van der Waals surface area contributed by atoms with Crippen LogP contribution in [0.5, 0.6) is 11.5 Å². The van der Waals surface area contributed by atoms with Crippen LogP contribution >= 0.6 is 23.2 Å². The van der Waals surface area contributed by atoms with Gasteiger partial charge in [0, 0.05) is 27.0 Å². The summed E-state index contributed by atoms with van der Waals surface area (Å²) in [5, 5.41) is 11.8. The van der Waals surface area contributed by atoms with Crippen molar-refractivity contribution in [3.63, 3.8) is 0 Å². The lowest BCUT2D eigenvalue weighted by Crippen LogP contribution is -2.31. The number of carbonyl (C=O) groups excluding carboxylic acids is 1. The maximum Gasteiger partial charge on any atom is 0.255 e. The Morgan fingerprint density at radius 1 is 1.05 bits per heavy atom. The molecule has 0 bridgehead atoms. The summed E-state index contributed by atoms with van der Waals surface area (Å²) in [4.78, 5) is 17.9. The van der Waals surface area contributed by atoms with Crippen LogP contribution in [0.3, 0.4) is 0 Å². The van der Waals surface area contributed by atoms with E-state index in [1.165, 1.54) is 6.33 Å². The zero-order valence-corrected chi connectivity index (χ0v) is 22.3. The maximum atomic E-state index is 13.6. The Balaban J connectivity index is 1.49. The van der Waals surface area contributed by atoms with Gasteiger partial charge in [0.1, 0.15) is 19.0 Å². The van der Waals surface area contributed by atoms with Gasteiger partial charge < -0.3 is 20.1 Å². The predicted octanol–water partition coefficient (Wildman–Crippen LogP) is 6.49. The van der Waals surface area contributed by atoms with Crippen LogP contribution in [0.2, 0.25) is 10.0 Å². The summed E-state index contributed by atoms with van der Waals surface area (Å²) < 4.78 is 13.7. The average molecular weight is 550 g/mol. The first-order valence-electron chi connectivity index (χ1n) is 12.0. The van der Waals surface area contributed by atoms with Crippen LogP contribution in [0.4, 0.5) is 11.6 Å². The van der Waals surface area contributed by atoms with Gasteiger partial charge in [-0.1, -0.05) is 47.5 Å². The van der Waals surface area contributed by atoms with E-state index in [4.69, 9.17) is 32.7 Å². The number of hydrogen-bond acceptors (Lipinski definition) is 6. The summed E-state index contributed by atoms with van der Waals surface area (Å²) in [6.07, 6.45) is 1.45. The highest BCUT2D eigenvalue weighted by Crippen LogP contribution is 2.39. The summed E-state index contributed by atoms with van der Waals surface area (Å²) >= 11 is 12.3. The molecule has 4 aromatic rings. The number of fused-ring (bicyclic) bond motifs is 1. The van der Waals surface area contributed by atoms with Crippen molar-refractivity contribution in [1.29, 1.82) is 0 Å². The Morgan fingerprint density at radius 3 is 2.61 bits per heavy atom. The van der Waals surface area contributed by atoms with Gasteiger partial charge in [0.15, 0.2) is 11.5 Å². The Kier molecular flexibility index (Phi) is 7.53. The summed E-state index contributed by atoms with van der Waals surface area (Å²) in [6.45, 7) is 4.46. The highest BCUT2D eigenvalue weighted by Gasteiger charge is 2.34. The molecule has 3 aromatic carbocycles. The summed E-state index contributed by atoms with van der Waals surface area (Å²) in [5.74, 6) is 1.37. The number of hydrogen-bond donors (Lipinski definition) is 2. The number of allylic oxidation sites excluding steroid dienone is 1. The van der Waals surface area contributed by atoms with Gasteiger partial charge >= 0.3 is 0 Å². The van der Waals surface area contributed by atoms with E-state index in [-0.39, 0.29) is 12.5 Å². The topological polar surface area (TPSA) is 90.3 Å². The van der Waals surface area contributed by atoms with Gasteiger partial charge in [-0.3, -0.25) is 4.79 Å². The molecule has 0 unspecified atom stereocenters. The second kappa shape index (κ2) is 11.2. The molecule has 38 heavy (non-hydrogen) atoms. The molecule has 0 radical (unpaired) electrons. The lowest BCUT2D eigenvalue weighted by atomic mass is 9.94. The Hall–Kier alpha value is -4.01. The Labute approximate surface area is 230 Å². The summed E-state index contributed by atoms with van der Waals surface area (Å²) in [7, 11) is 0. The van der Waals surface area contributed by atoms with Crippen molar-refractivity contribution >= 4 is 40.7 Å². The predicted molar refractivity (Wildman–Crippen MR) is 148 cm³/mol. The van der Waals surface area contributed by atoms with Crippen LogP contribution < -0.4 is 20.1 Å². The first-order chi connectivity index (χ1) is 18.4. The number of nitrogens with one attached hydrogen (secondary N) is 2. The lowest BCUT2D eigenvalue weighted by Gasteiger charge is -2.29. The van der Waals surface area contributed by atoms with Crippen LogP contribution in [0.15, 0.2) is 84.3 Å². The van der Waals surface area contributed by atoms with E-state index in [0.29, 0.717) is 51.1 Å². The SMILES string of the molecule is CCOc1cc([C@H]2C(C(=O)Nc3ccc(Cl)cc3)=C(C)Nc3ncnn32)ccc1OCc1ccccc1Cl. The lowest BCUT2D eigenvalue weighted by molar-refractivity contribution is -0.113. The van der Waals surface area contributed by atoms with E-state index in [9.17, 15) is 4.79 Å². The van der Waals surface area contributed by atoms with Gasteiger partial charge in [0.25, 0.3) is 5.91 Å². The van der Waals surface area contributed by atoms with Crippen molar-refractivity contribution in [2.75, 3.05) is 17.2 Å². The molecule has 0 saturated heterocycles. The summed E-state index contributed by atoms with van der Waals surface area (Å²) in [5.41, 5.74) is 3.43. The number of anilines is 2. The van der Waals surface area contributed by atoms with Crippen molar-refractivity contribution in [1.82, 2.24) is 14.8 Å². The molecule has 0 aliphatic carbocycles. The van der Waals surface area contributed by atoms with Crippen molar-refractivity contribution in [3.8, 4) is 11.5 Å². The van der Waals surface area contributed by atoms with Crippen LogP contribution in [0, 0.1) is 0 Å². The second-order valence-electron chi connectivity index (χ2n) is 8.57. The van der Waals surface area contributed by atoms with Crippen molar-refractivity contribution in [3.05, 3.63) is 105 Å². The molecule has 1 amide bonds. The summed E-state index contributed by atoms with van der Waals surface area (Å²) in [6, 6.07) is 19.5. The molecule has 0 spiro atoms. The van der Waals surface area contributed by atoms with Crippen molar-refractivity contribution < 1.29 is 14.3 Å². The largest absolute Gasteiger partial charge is 0.490 e. The van der Waals surface area contributed by atoms with E-state index >= 15 is 0 Å². The molecule has 8 nitrogen and oxygen atoms in total. The van der Waals surface area contributed by atoms with Gasteiger partial charge in [-0.2, -0.15) is 10.1 Å². The minimum absolute atomic E-state index is 0.277. The molecule has 0 saturated carbocycles. The molecule has 5 rings (SSSR count). The van der Waals surface area contributed by atoms with E-state index in [2.05, 4.69) is 20.7 Å². The molecule has 1 aromatic heterocycles. The molecule has 1 aliphatic heterocycles. The first kappa shape index (κ1) is 25.6. The Bertz CT molecular complexity index is 1500. The zero-order valence-electron chi connectivity index (χ0n) is 20.7. The fourth-order valence-electron chi connectivity index (χ4n) is 4.28. The van der Waals surface area contributed by atoms with Crippen LogP contribution in [0.25, 0.3) is 0 Å². The fraction of sp³-hybridized carbons (Fsp3) is 0.179. The standard InChI is InChI=1S/C28H25Cl2N5O3/c1-3-37-24-14-18(8-13-23(24)38-15-19-6-4-5-7-22(19)30)26-25(17(2)33-28-31-16-32-35(26)28)27(36)34-21-11-9-20(29)10-12-21/h4-14,16,26H,3,15H2,1-2H3,(H,34,36)(H,31,32,33)/t26-/m0/s1. The number of halogens is 2. The van der Waals surface area contributed by atoms with Crippen LogP contribution in [0.1, 0.15) is 31.0 Å². The van der Waals surface area contributed by atoms with Crippen molar-refractivity contribution in [2.24, 2.45) is 0 Å². The van der Waals surface area contributed by atoms with Crippen LogP contribution in [-0.2, 0) is 11.4 Å². The number of aromatic nitrogens is 3. The second-order valence-corrected chi connectivity index (χ2v) is 9.42. The van der Waals surface area contributed by atoms with E-state index in [1.54, 1.807) is 28.9 Å². The number of carbonyl (C=O) groups is 1. The number of amides is 1. The van der Waals surface area contributed by atoms with E-state index in [0.717, 1.165) is 11.1 Å². The number of ether oxygens (including phenoxy) is 2. The fourth-order valence-corrected chi connectivity index (χ4v) is 4.59. The number of nitrogens with zero attached hydrogens (tertiary/aromatic N) is 3. The molecular weight excluding hydrogens is 525 g/mol. The van der Waals surface area contributed by atoms with Crippen molar-refractivity contribution in [2.45, 2.75) is 26.5 Å². The maximum absolute atomic E-state index is 13.6. The molecular formula is C28H25Cl2N5O3. The van der Waals surface area contributed by atoms with Crippen LogP contribution in [-0.4, -0.2) is 27.3 Å². The van der Waals surface area contributed by atoms with Gasteiger partial charge in [-0.15, -0.1) is 0 Å². The Morgan fingerprint density at radius 2 is 1.84 bits per heavy atom.